The predicted octanol–water partition coefficient (Wildman–Crippen LogP) is 1.93. The average Bonchev–Trinajstić information content (AvgIpc) is 2.87. The summed E-state index contributed by atoms with van der Waals surface area (Å²) in [6.07, 6.45) is 0. The van der Waals surface area contributed by atoms with Crippen LogP contribution in [0.4, 0.5) is 5.69 Å². The number of nitrogens with zero attached hydrogens (tertiary/aromatic N) is 2. The molecule has 132 valence electrons. The minimum absolute atomic E-state index is 0.296. The molecule has 25 heavy (non-hydrogen) atoms. The predicted molar refractivity (Wildman–Crippen MR) is 93.3 cm³/mol. The van der Waals surface area contributed by atoms with Crippen LogP contribution in [-0.2, 0) is 22.7 Å². The van der Waals surface area contributed by atoms with Gasteiger partial charge in [0.1, 0.15) is 5.75 Å². The van der Waals surface area contributed by atoms with E-state index < -0.39 is 17.4 Å². The van der Waals surface area contributed by atoms with Crippen molar-refractivity contribution >= 4 is 17.5 Å². The van der Waals surface area contributed by atoms with Crippen LogP contribution in [0.1, 0.15) is 30.8 Å². The maximum absolute atomic E-state index is 12.7. The van der Waals surface area contributed by atoms with Crippen molar-refractivity contribution in [3.63, 3.8) is 0 Å². The molecule has 0 saturated heterocycles. The first-order valence-electron chi connectivity index (χ1n) is 8.27. The second kappa shape index (κ2) is 6.23. The van der Waals surface area contributed by atoms with E-state index in [-0.39, 0.29) is 0 Å². The molecule has 1 atom stereocenters. The number of rotatable bonds is 4. The van der Waals surface area contributed by atoms with Gasteiger partial charge in [0.25, 0.3) is 17.4 Å². The Bertz CT molecular complexity index is 843. The Balaban J connectivity index is 1.77. The molecular weight excluding hydrogens is 320 g/mol. The summed E-state index contributed by atoms with van der Waals surface area (Å²) in [7, 11) is 0. The lowest BCUT2D eigenvalue weighted by molar-refractivity contribution is -0.146. The number of fused-ring (bicyclic) bond motifs is 1. The number of carbonyl (C=O) groups excluding carboxylic acids is 2. The van der Waals surface area contributed by atoms with E-state index in [1.165, 1.54) is 6.92 Å². The minimum Gasteiger partial charge on any atom is -0.466 e. The van der Waals surface area contributed by atoms with Crippen LogP contribution < -0.4 is 15.4 Å². The molecule has 0 saturated carbocycles. The zero-order chi connectivity index (χ0) is 18.2. The molecule has 0 spiro atoms. The van der Waals surface area contributed by atoms with E-state index in [0.29, 0.717) is 18.0 Å². The summed E-state index contributed by atoms with van der Waals surface area (Å²) < 4.78 is 7.61. The molecule has 7 nitrogen and oxygen atoms in total. The molecule has 0 bridgehead atoms. The highest BCUT2D eigenvalue weighted by atomic mass is 16.5. The highest BCUT2D eigenvalue weighted by molar-refractivity contribution is 6.15. The largest absolute Gasteiger partial charge is 0.466 e. The quantitative estimate of drug-likeness (QED) is 0.832. The summed E-state index contributed by atoms with van der Waals surface area (Å²) in [6.45, 7) is 8.42. The number of ether oxygens (including phenoxy) is 1. The smallest absolute Gasteiger partial charge is 0.278 e. The fourth-order valence-corrected chi connectivity index (χ4v) is 2.95. The van der Waals surface area contributed by atoms with Gasteiger partial charge in [-0.2, -0.15) is 5.10 Å². The van der Waals surface area contributed by atoms with E-state index in [9.17, 15) is 9.59 Å². The average molecular weight is 342 g/mol. The number of hydrogen-bond acceptors (Lipinski definition) is 4. The molecule has 0 radical (unpaired) electrons. The molecule has 1 aliphatic rings. The summed E-state index contributed by atoms with van der Waals surface area (Å²) in [5.41, 5.74) is 1.77. The van der Waals surface area contributed by atoms with Crippen molar-refractivity contribution in [3.8, 4) is 5.75 Å². The van der Waals surface area contributed by atoms with Crippen LogP contribution in [0.5, 0.6) is 5.75 Å². The topological polar surface area (TPSA) is 85.2 Å². The third-order valence-corrected chi connectivity index (χ3v) is 4.57. The first-order valence-corrected chi connectivity index (χ1v) is 8.27. The van der Waals surface area contributed by atoms with Crippen LogP contribution in [-0.4, -0.2) is 27.2 Å². The van der Waals surface area contributed by atoms with Crippen molar-refractivity contribution in [3.05, 3.63) is 41.2 Å². The number of nitrogens with one attached hydrogen (secondary N) is 2. The van der Waals surface area contributed by atoms with Crippen molar-refractivity contribution in [1.29, 1.82) is 0 Å². The van der Waals surface area contributed by atoms with Crippen LogP contribution in [0.2, 0.25) is 0 Å². The first-order chi connectivity index (χ1) is 11.9. The van der Waals surface area contributed by atoms with E-state index in [4.69, 9.17) is 4.74 Å². The highest BCUT2D eigenvalue weighted by Crippen LogP contribution is 2.33. The third kappa shape index (κ3) is 2.86. The van der Waals surface area contributed by atoms with Crippen molar-refractivity contribution in [2.45, 2.75) is 46.4 Å². The zero-order valence-corrected chi connectivity index (χ0v) is 14.8. The van der Waals surface area contributed by atoms with Gasteiger partial charge in [0.2, 0.25) is 0 Å². The van der Waals surface area contributed by atoms with Gasteiger partial charge in [-0.1, -0.05) is 12.1 Å². The number of hydrogen-bond donors (Lipinski definition) is 2. The van der Waals surface area contributed by atoms with Crippen LogP contribution in [0.25, 0.3) is 0 Å². The summed E-state index contributed by atoms with van der Waals surface area (Å²) in [5, 5.41) is 9.97. The Labute approximate surface area is 146 Å². The molecule has 0 aliphatic carbocycles. The normalized spacial score (nSPS) is 19.0. The van der Waals surface area contributed by atoms with Crippen molar-refractivity contribution in [2.75, 3.05) is 5.32 Å². The molecule has 2 amide bonds. The van der Waals surface area contributed by atoms with Crippen LogP contribution in [0.15, 0.2) is 24.3 Å². The van der Waals surface area contributed by atoms with Gasteiger partial charge in [-0.15, -0.1) is 0 Å². The van der Waals surface area contributed by atoms with E-state index in [0.717, 1.165) is 23.5 Å². The van der Waals surface area contributed by atoms with Gasteiger partial charge in [0, 0.05) is 24.3 Å². The fraction of sp³-hybridized carbons (Fsp3) is 0.389. The molecule has 1 aliphatic heterocycles. The monoisotopic (exact) mass is 342 g/mol. The molecule has 1 aromatic carbocycles. The number of benzene rings is 1. The lowest BCUT2D eigenvalue weighted by Gasteiger charge is -2.33. The standard InChI is InChI=1S/C18H22N4O3/c1-5-22-12(3)13(11(2)21-22)10-19-16(23)18(4)17(24)20-14-8-6-7-9-15(14)25-18/h6-9H,5,10H2,1-4H3,(H,19,23)(H,20,24). The van der Waals surface area contributed by atoms with Gasteiger partial charge in [-0.3, -0.25) is 14.3 Å². The maximum Gasteiger partial charge on any atom is 0.278 e. The Morgan fingerprint density at radius 2 is 2.08 bits per heavy atom. The zero-order valence-electron chi connectivity index (χ0n) is 14.8. The number of anilines is 1. The molecule has 0 fully saturated rings. The van der Waals surface area contributed by atoms with Crippen molar-refractivity contribution in [2.24, 2.45) is 0 Å². The van der Waals surface area contributed by atoms with Gasteiger partial charge in [-0.25, -0.2) is 0 Å². The van der Waals surface area contributed by atoms with Gasteiger partial charge in [0.05, 0.1) is 11.4 Å². The Kier molecular flexibility index (Phi) is 4.24. The van der Waals surface area contributed by atoms with Crippen LogP contribution in [0.3, 0.4) is 0 Å². The molecular formula is C18H22N4O3. The Hall–Kier alpha value is -2.83. The fourth-order valence-electron chi connectivity index (χ4n) is 2.95. The van der Waals surface area contributed by atoms with E-state index >= 15 is 0 Å². The molecule has 7 heteroatoms. The second-order valence-electron chi connectivity index (χ2n) is 6.23. The van der Waals surface area contributed by atoms with E-state index in [1.807, 2.05) is 25.5 Å². The third-order valence-electron chi connectivity index (χ3n) is 4.57. The number of aromatic nitrogens is 2. The molecule has 2 heterocycles. The van der Waals surface area contributed by atoms with Gasteiger partial charge < -0.3 is 15.4 Å². The van der Waals surface area contributed by atoms with Crippen molar-refractivity contribution < 1.29 is 14.3 Å². The number of amides is 2. The van der Waals surface area contributed by atoms with E-state index in [1.54, 1.807) is 24.3 Å². The summed E-state index contributed by atoms with van der Waals surface area (Å²) in [5.74, 6) is -0.491. The first kappa shape index (κ1) is 17.0. The summed E-state index contributed by atoms with van der Waals surface area (Å²) in [6, 6.07) is 7.04. The molecule has 1 aromatic heterocycles. The number of aryl methyl sites for hydroxylation is 2. The summed E-state index contributed by atoms with van der Waals surface area (Å²) in [4.78, 5) is 25.1. The maximum atomic E-state index is 12.7. The highest BCUT2D eigenvalue weighted by Gasteiger charge is 2.47. The minimum atomic E-state index is -1.61. The molecule has 2 N–H and O–H groups in total. The number of carbonyl (C=O) groups is 2. The molecule has 3 rings (SSSR count). The van der Waals surface area contributed by atoms with Crippen LogP contribution in [0, 0.1) is 13.8 Å². The lowest BCUT2D eigenvalue weighted by atomic mass is 10.0. The van der Waals surface area contributed by atoms with Gasteiger partial charge in [0.15, 0.2) is 0 Å². The van der Waals surface area contributed by atoms with Crippen LogP contribution >= 0.6 is 0 Å². The lowest BCUT2D eigenvalue weighted by Crippen LogP contribution is -2.58. The van der Waals surface area contributed by atoms with Gasteiger partial charge in [-0.05, 0) is 39.8 Å². The SMILES string of the molecule is CCn1nc(C)c(CNC(=O)C2(C)Oc3ccccc3NC2=O)c1C. The van der Waals surface area contributed by atoms with Gasteiger partial charge >= 0.3 is 0 Å². The Morgan fingerprint density at radius 1 is 1.36 bits per heavy atom. The van der Waals surface area contributed by atoms with E-state index in [2.05, 4.69) is 15.7 Å². The molecule has 1 unspecified atom stereocenters. The Morgan fingerprint density at radius 3 is 2.76 bits per heavy atom. The second-order valence-corrected chi connectivity index (χ2v) is 6.23. The number of para-hydroxylation sites is 2. The summed E-state index contributed by atoms with van der Waals surface area (Å²) >= 11 is 0. The van der Waals surface area contributed by atoms with Crippen molar-refractivity contribution in [1.82, 2.24) is 15.1 Å². The molecule has 2 aromatic rings.